The number of carbonyl (C=O) groups excluding carboxylic acids is 4. The average molecular weight is 1220 g/mol. The minimum atomic E-state index is -0.718. The number of allylic oxidation sites excluding steroid dienone is 3. The van der Waals surface area contributed by atoms with Crippen LogP contribution in [0.3, 0.4) is 0 Å². The number of ether oxygens (including phenoxy) is 4. The molecule has 482 valence electrons. The van der Waals surface area contributed by atoms with Gasteiger partial charge in [0.25, 0.3) is 0 Å². The van der Waals surface area contributed by atoms with Crippen molar-refractivity contribution in [1.82, 2.24) is 10.3 Å². The summed E-state index contributed by atoms with van der Waals surface area (Å²) in [6, 6.07) is 32.1. The quantitative estimate of drug-likeness (QED) is 0.0188. The van der Waals surface area contributed by atoms with E-state index < -0.39 is 35.1 Å². The molecule has 7 rings (SSSR count). The van der Waals surface area contributed by atoms with Crippen LogP contribution in [0.15, 0.2) is 125 Å². The van der Waals surface area contributed by atoms with E-state index in [-0.39, 0.29) is 5.60 Å². The number of alkyl carbamates (subject to hydrolysis) is 1. The molecule has 6 aromatic rings. The molecule has 1 heterocycles. The van der Waals surface area contributed by atoms with E-state index in [1.54, 1.807) is 16.9 Å². The number of amides is 4. The highest BCUT2D eigenvalue weighted by atomic mass is 16.6. The van der Waals surface area contributed by atoms with Gasteiger partial charge in [-0.3, -0.25) is 25.2 Å². The van der Waals surface area contributed by atoms with E-state index in [1.165, 1.54) is 0 Å². The van der Waals surface area contributed by atoms with Gasteiger partial charge in [0, 0.05) is 68.4 Å². The first-order chi connectivity index (χ1) is 41.9. The van der Waals surface area contributed by atoms with E-state index in [1.807, 2.05) is 248 Å². The van der Waals surface area contributed by atoms with Crippen LogP contribution in [0.1, 0.15) is 179 Å². The normalized spacial score (nSPS) is 12.8. The van der Waals surface area contributed by atoms with Gasteiger partial charge in [0.05, 0.1) is 22.7 Å². The molecule has 0 saturated carbocycles. The molecule has 0 fully saturated rings. The lowest BCUT2D eigenvalue weighted by molar-refractivity contribution is -0.538. The Bertz CT molecular complexity index is 3420. The minimum Gasteiger partial charge on any atom is -0.444 e. The Morgan fingerprint density at radius 2 is 1.09 bits per heavy atom. The second-order valence-corrected chi connectivity index (χ2v) is 25.7. The summed E-state index contributed by atoms with van der Waals surface area (Å²) in [5.41, 5.74) is 11.8. The number of anilines is 3. The van der Waals surface area contributed by atoms with Crippen LogP contribution in [0, 0.1) is 20.8 Å². The van der Waals surface area contributed by atoms with Gasteiger partial charge in [-0.25, -0.2) is 24.4 Å². The highest BCUT2D eigenvalue weighted by Gasteiger charge is 2.30. The summed E-state index contributed by atoms with van der Waals surface area (Å²) in [6.07, 6.45) is 8.84. The van der Waals surface area contributed by atoms with E-state index >= 15 is 0 Å². The fourth-order valence-corrected chi connectivity index (χ4v) is 9.49. The van der Waals surface area contributed by atoms with Crippen molar-refractivity contribution in [3.05, 3.63) is 137 Å². The number of aliphatic imine (C=N–C) groups is 1. The highest BCUT2D eigenvalue weighted by molar-refractivity contribution is 6.01. The van der Waals surface area contributed by atoms with Crippen molar-refractivity contribution in [3.8, 4) is 5.69 Å². The number of para-hydroxylation sites is 2. The molecule has 0 spiro atoms. The van der Waals surface area contributed by atoms with Crippen LogP contribution in [0.25, 0.3) is 27.8 Å². The maximum Gasteiger partial charge on any atom is 0.414 e. The number of nitrogens with zero attached hydrogens (tertiary/aromatic N) is 5. The van der Waals surface area contributed by atoms with Crippen molar-refractivity contribution in [2.75, 3.05) is 35.3 Å². The zero-order chi connectivity index (χ0) is 66.4. The summed E-state index contributed by atoms with van der Waals surface area (Å²) in [6.45, 7) is 39.6. The molecule has 0 bridgehead atoms. The topological polar surface area (TPSA) is 181 Å². The van der Waals surface area contributed by atoms with Crippen LogP contribution >= 0.6 is 0 Å². The zero-order valence-electron chi connectivity index (χ0n) is 57.4. The predicted octanol–water partition coefficient (Wildman–Crippen LogP) is 17.5. The summed E-state index contributed by atoms with van der Waals surface area (Å²) >= 11 is 0. The molecule has 0 radical (unpaired) electrons. The Morgan fingerprint density at radius 3 is 1.58 bits per heavy atom. The SMILES string of the molecule is CC.CC.CC1=CC(=Nc2cc(C)c(N(CCCCCCCCN(C(=O)OC(C)(C)C)c3cc4c(cc3C)nc3cc(C)c(NC=O)cc3[n+]4-c3ccccc3)C(=O)OC(C)(C)C)cc2[NH2+]c2ccccc2)CC=C1NC(=O)OC(C)(C)C.COC(C)(C)C. The molecule has 0 aliphatic heterocycles. The molecule has 16 nitrogen and oxygen atoms in total. The maximum atomic E-state index is 14.2. The van der Waals surface area contributed by atoms with E-state index in [2.05, 4.69) is 20.5 Å². The number of fused-ring (bicyclic) bond motifs is 2. The van der Waals surface area contributed by atoms with Gasteiger partial charge < -0.3 is 24.3 Å². The Kier molecular flexibility index (Phi) is 27.7. The lowest BCUT2D eigenvalue weighted by atomic mass is 10.0. The molecule has 4 N–H and O–H groups in total. The van der Waals surface area contributed by atoms with Crippen molar-refractivity contribution in [1.29, 1.82) is 0 Å². The zero-order valence-corrected chi connectivity index (χ0v) is 57.4. The molecule has 5 aromatic carbocycles. The molecule has 1 aliphatic carbocycles. The molecule has 0 atom stereocenters. The third-order valence-corrected chi connectivity index (χ3v) is 13.7. The molecule has 4 amide bonds. The number of aryl methyl sites for hydroxylation is 3. The summed E-state index contributed by atoms with van der Waals surface area (Å²) in [5, 5.41) is 7.80. The largest absolute Gasteiger partial charge is 0.444 e. The van der Waals surface area contributed by atoms with Gasteiger partial charge in [-0.2, -0.15) is 0 Å². The Balaban J connectivity index is 0.00000158. The van der Waals surface area contributed by atoms with Gasteiger partial charge in [0.1, 0.15) is 39.2 Å². The van der Waals surface area contributed by atoms with E-state index in [0.717, 1.165) is 123 Å². The molecular weight excluding hydrogens is 1120 g/mol. The van der Waals surface area contributed by atoms with Gasteiger partial charge in [-0.15, -0.1) is 4.57 Å². The van der Waals surface area contributed by atoms with Gasteiger partial charge in [0.15, 0.2) is 5.69 Å². The summed E-state index contributed by atoms with van der Waals surface area (Å²) in [5.74, 6) is 0. The van der Waals surface area contributed by atoms with Crippen LogP contribution in [0.4, 0.5) is 48.5 Å². The second kappa shape index (κ2) is 33.6. The van der Waals surface area contributed by atoms with Crippen molar-refractivity contribution >= 4 is 86.6 Å². The molecule has 1 aliphatic rings. The number of methoxy groups -OCH3 is 1. The van der Waals surface area contributed by atoms with E-state index in [9.17, 15) is 19.2 Å². The second-order valence-electron chi connectivity index (χ2n) is 25.7. The fourth-order valence-electron chi connectivity index (χ4n) is 9.49. The summed E-state index contributed by atoms with van der Waals surface area (Å²) < 4.78 is 24.6. The molecule has 16 heteroatoms. The number of aromatic nitrogens is 2. The smallest absolute Gasteiger partial charge is 0.414 e. The first-order valence-electron chi connectivity index (χ1n) is 31.6. The predicted molar refractivity (Wildman–Crippen MR) is 366 cm³/mol. The van der Waals surface area contributed by atoms with Crippen LogP contribution in [-0.2, 0) is 23.7 Å². The van der Waals surface area contributed by atoms with Gasteiger partial charge in [-0.1, -0.05) is 95.9 Å². The maximum absolute atomic E-state index is 14.2. The lowest BCUT2D eigenvalue weighted by Gasteiger charge is -2.29. The lowest BCUT2D eigenvalue weighted by Crippen LogP contribution is -2.71. The third-order valence-electron chi connectivity index (χ3n) is 13.7. The number of benzene rings is 5. The Morgan fingerprint density at radius 1 is 0.618 bits per heavy atom. The molecule has 89 heavy (non-hydrogen) atoms. The summed E-state index contributed by atoms with van der Waals surface area (Å²) in [7, 11) is 1.71. The van der Waals surface area contributed by atoms with Crippen LogP contribution in [0.5, 0.6) is 0 Å². The van der Waals surface area contributed by atoms with Crippen molar-refractivity contribution in [3.63, 3.8) is 0 Å². The number of carbonyl (C=O) groups is 4. The van der Waals surface area contributed by atoms with Crippen molar-refractivity contribution < 1.29 is 48.0 Å². The first kappa shape index (κ1) is 73.5. The molecule has 1 aromatic heterocycles. The number of nitrogens with two attached hydrogens (primary N) is 1. The number of hydrogen-bond acceptors (Lipinski definition) is 10. The van der Waals surface area contributed by atoms with Crippen LogP contribution < -0.4 is 30.3 Å². The van der Waals surface area contributed by atoms with Gasteiger partial charge in [-0.05, 0) is 182 Å². The third kappa shape index (κ3) is 23.2. The number of hydrogen-bond donors (Lipinski definition) is 3. The van der Waals surface area contributed by atoms with Gasteiger partial charge in [0.2, 0.25) is 23.1 Å². The highest BCUT2D eigenvalue weighted by Crippen LogP contribution is 2.35. The monoisotopic (exact) mass is 1220 g/mol. The number of quaternary nitrogens is 1. The van der Waals surface area contributed by atoms with Gasteiger partial charge >= 0.3 is 18.3 Å². The average Bonchev–Trinajstić information content (AvgIpc) is 0.926. The fraction of sp³-hybridized carbons (Fsp3) is 0.466. The summed E-state index contributed by atoms with van der Waals surface area (Å²) in [4.78, 5) is 66.3. The first-order valence-corrected chi connectivity index (χ1v) is 31.6. The van der Waals surface area contributed by atoms with Crippen molar-refractivity contribution in [2.24, 2.45) is 4.99 Å². The molecular formula is C73H104N8O8+2. The standard InChI is InChI=1S/C64H78N8O7.C5H12O.2C2H6/c1-42-34-47(30-31-49(42)69-59(74)77-62(5,6)7)67-51-36-44(3)55(39-52(51)66-46-26-20-18-21-27-46)70(60(75)78-63(8,9)10)32-24-16-14-15-17-25-33-71(61(76)79-64(11,12)13)56-40-58-54(37-45(56)4)68-53-35-43(2)50(65-41-73)38-57(53)72(58)48-28-22-19-23-29-48;1-5(2,3)6-4;2*1-2/h18-23,26-29,31,34-41,66H,14-17,24-25,30,32-33H2,1-13H3,(H,69,74);1-4H3;2*1-2H3/p+2. The number of unbranched alkanes of at least 4 members (excludes halogenated alkanes) is 5. The molecule has 0 saturated heterocycles. The Labute approximate surface area is 531 Å². The van der Waals surface area contributed by atoms with E-state index in [4.69, 9.17) is 28.9 Å². The molecule has 0 unspecified atom stereocenters. The van der Waals surface area contributed by atoms with E-state index in [0.29, 0.717) is 37.3 Å². The number of rotatable bonds is 18. The Hall–Kier alpha value is -7.95. The number of nitrogens with one attached hydrogen (secondary N) is 2. The minimum absolute atomic E-state index is 0.0417. The van der Waals surface area contributed by atoms with Crippen molar-refractivity contribution in [2.45, 2.75) is 206 Å². The van der Waals surface area contributed by atoms with Crippen LogP contribution in [0.2, 0.25) is 0 Å². The van der Waals surface area contributed by atoms with Crippen LogP contribution in [-0.4, -0.2) is 78.0 Å².